The van der Waals surface area contributed by atoms with E-state index in [2.05, 4.69) is 43.6 Å². The van der Waals surface area contributed by atoms with Gasteiger partial charge in [-0.05, 0) is 61.3 Å². The zero-order valence-electron chi connectivity index (χ0n) is 21.1. The minimum atomic E-state index is -0.244. The third-order valence-corrected chi connectivity index (χ3v) is 7.51. The van der Waals surface area contributed by atoms with Gasteiger partial charge in [-0.3, -0.25) is 9.59 Å². The number of rotatable bonds is 9. The van der Waals surface area contributed by atoms with Gasteiger partial charge in [0.2, 0.25) is 5.91 Å². The maximum absolute atomic E-state index is 13.6. The molecule has 0 fully saturated rings. The summed E-state index contributed by atoms with van der Waals surface area (Å²) in [6.45, 7) is 9.84. The fourth-order valence-corrected chi connectivity index (χ4v) is 5.63. The number of fused-ring (bicyclic) bond motifs is 1. The number of methoxy groups -OCH3 is 2. The van der Waals surface area contributed by atoms with E-state index < -0.39 is 0 Å². The summed E-state index contributed by atoms with van der Waals surface area (Å²) < 4.78 is 10.7. The molecule has 8 heteroatoms. The topological polar surface area (TPSA) is 88.7 Å². The van der Waals surface area contributed by atoms with Crippen molar-refractivity contribution in [3.8, 4) is 11.5 Å². The molecule has 0 aliphatic heterocycles. The second kappa shape index (κ2) is 11.2. The Balaban J connectivity index is 1.92. The third kappa shape index (κ3) is 6.10. The lowest BCUT2D eigenvalue weighted by atomic mass is 9.72. The van der Waals surface area contributed by atoms with Crippen LogP contribution < -0.4 is 25.4 Å². The third-order valence-electron chi connectivity index (χ3n) is 6.34. The Bertz CT molecular complexity index is 1030. The lowest BCUT2D eigenvalue weighted by Crippen LogP contribution is -2.29. The van der Waals surface area contributed by atoms with Crippen molar-refractivity contribution >= 4 is 33.8 Å². The molecule has 3 N–H and O–H groups in total. The first-order valence-electron chi connectivity index (χ1n) is 11.9. The van der Waals surface area contributed by atoms with E-state index in [-0.39, 0.29) is 23.8 Å². The Morgan fingerprint density at radius 3 is 2.56 bits per heavy atom. The van der Waals surface area contributed by atoms with Crippen LogP contribution in [-0.2, 0) is 17.6 Å². The van der Waals surface area contributed by atoms with Gasteiger partial charge in [0.15, 0.2) is 0 Å². The molecule has 1 heterocycles. The fourth-order valence-electron chi connectivity index (χ4n) is 4.29. The van der Waals surface area contributed by atoms with E-state index in [0.29, 0.717) is 33.7 Å². The SMILES string of the molecule is CCCNCC(=O)Nc1sc2c(c1C(=O)Nc1ccc(OC)cc1OC)CC[C@@H](C(C)(C)C)C2. The van der Waals surface area contributed by atoms with Crippen LogP contribution in [0.2, 0.25) is 0 Å². The minimum Gasteiger partial charge on any atom is -0.497 e. The summed E-state index contributed by atoms with van der Waals surface area (Å²) in [5, 5.41) is 9.73. The number of hydrogen-bond donors (Lipinski definition) is 3. The monoisotopic (exact) mass is 487 g/mol. The number of hydrogen-bond acceptors (Lipinski definition) is 6. The van der Waals surface area contributed by atoms with E-state index in [0.717, 1.165) is 37.8 Å². The first kappa shape index (κ1) is 26.0. The van der Waals surface area contributed by atoms with Gasteiger partial charge in [0.25, 0.3) is 5.91 Å². The smallest absolute Gasteiger partial charge is 0.259 e. The quantitative estimate of drug-likeness (QED) is 0.428. The molecule has 1 aliphatic rings. The molecule has 1 aromatic carbocycles. The van der Waals surface area contributed by atoms with Crippen molar-refractivity contribution in [3.63, 3.8) is 0 Å². The van der Waals surface area contributed by atoms with Crippen molar-refractivity contribution in [2.75, 3.05) is 37.9 Å². The lowest BCUT2D eigenvalue weighted by molar-refractivity contribution is -0.115. The lowest BCUT2D eigenvalue weighted by Gasteiger charge is -2.33. The van der Waals surface area contributed by atoms with Crippen LogP contribution in [0, 0.1) is 11.3 Å². The van der Waals surface area contributed by atoms with E-state index in [1.165, 1.54) is 16.2 Å². The number of carbonyl (C=O) groups excluding carboxylic acids is 2. The van der Waals surface area contributed by atoms with Gasteiger partial charge in [-0.2, -0.15) is 0 Å². The molecule has 0 bridgehead atoms. The van der Waals surface area contributed by atoms with Crippen LogP contribution in [0.5, 0.6) is 11.5 Å². The van der Waals surface area contributed by atoms with Crippen LogP contribution in [0.3, 0.4) is 0 Å². The summed E-state index contributed by atoms with van der Waals surface area (Å²) >= 11 is 1.53. The first-order valence-corrected chi connectivity index (χ1v) is 12.7. The van der Waals surface area contributed by atoms with Gasteiger partial charge in [0.1, 0.15) is 16.5 Å². The maximum Gasteiger partial charge on any atom is 0.259 e. The molecule has 0 radical (unpaired) electrons. The van der Waals surface area contributed by atoms with Gasteiger partial charge in [-0.1, -0.05) is 27.7 Å². The van der Waals surface area contributed by atoms with Gasteiger partial charge in [0, 0.05) is 10.9 Å². The summed E-state index contributed by atoms with van der Waals surface area (Å²) in [5.74, 6) is 1.30. The predicted octanol–water partition coefficient (Wildman–Crippen LogP) is 5.11. The van der Waals surface area contributed by atoms with E-state index in [1.54, 1.807) is 32.4 Å². The molecule has 0 saturated heterocycles. The van der Waals surface area contributed by atoms with Crippen LogP contribution in [0.1, 0.15) is 61.3 Å². The highest BCUT2D eigenvalue weighted by atomic mass is 32.1. The largest absolute Gasteiger partial charge is 0.497 e. The van der Waals surface area contributed by atoms with Gasteiger partial charge in [-0.15, -0.1) is 11.3 Å². The molecular weight excluding hydrogens is 450 g/mol. The first-order chi connectivity index (χ1) is 16.2. The Labute approximate surface area is 206 Å². The number of nitrogens with one attached hydrogen (secondary N) is 3. The normalized spacial score (nSPS) is 15.4. The molecule has 2 aromatic rings. The molecule has 1 aromatic heterocycles. The molecule has 3 rings (SSSR count). The highest BCUT2D eigenvalue weighted by Gasteiger charge is 2.34. The number of amides is 2. The Morgan fingerprint density at radius 1 is 1.15 bits per heavy atom. The zero-order chi connectivity index (χ0) is 24.9. The minimum absolute atomic E-state index is 0.143. The summed E-state index contributed by atoms with van der Waals surface area (Å²) in [6, 6.07) is 5.27. The fraction of sp³-hybridized carbons (Fsp3) is 0.538. The van der Waals surface area contributed by atoms with Gasteiger partial charge >= 0.3 is 0 Å². The van der Waals surface area contributed by atoms with Crippen molar-refractivity contribution in [1.82, 2.24) is 5.32 Å². The molecule has 1 aliphatic carbocycles. The maximum atomic E-state index is 13.6. The van der Waals surface area contributed by atoms with Crippen LogP contribution in [0.25, 0.3) is 0 Å². The summed E-state index contributed by atoms with van der Waals surface area (Å²) in [7, 11) is 3.14. The average Bonchev–Trinajstić information content (AvgIpc) is 3.15. The molecule has 2 amide bonds. The Kier molecular flexibility index (Phi) is 8.60. The number of ether oxygens (including phenoxy) is 2. The van der Waals surface area contributed by atoms with Crippen molar-refractivity contribution in [1.29, 1.82) is 0 Å². The molecule has 7 nitrogen and oxygen atoms in total. The van der Waals surface area contributed by atoms with Crippen molar-refractivity contribution in [2.24, 2.45) is 11.3 Å². The van der Waals surface area contributed by atoms with Crippen LogP contribution >= 0.6 is 11.3 Å². The molecule has 0 spiro atoms. The van der Waals surface area contributed by atoms with E-state index >= 15 is 0 Å². The summed E-state index contributed by atoms with van der Waals surface area (Å²) in [6.07, 6.45) is 3.71. The Morgan fingerprint density at radius 2 is 1.91 bits per heavy atom. The molecule has 0 unspecified atom stereocenters. The van der Waals surface area contributed by atoms with Crippen molar-refractivity contribution in [2.45, 2.75) is 53.4 Å². The highest BCUT2D eigenvalue weighted by Crippen LogP contribution is 2.44. The van der Waals surface area contributed by atoms with Gasteiger partial charge in [-0.25, -0.2) is 0 Å². The molecule has 34 heavy (non-hydrogen) atoms. The summed E-state index contributed by atoms with van der Waals surface area (Å²) in [5.41, 5.74) is 2.36. The number of benzene rings is 1. The van der Waals surface area contributed by atoms with Gasteiger partial charge < -0.3 is 25.4 Å². The van der Waals surface area contributed by atoms with Crippen LogP contribution in [0.4, 0.5) is 10.7 Å². The van der Waals surface area contributed by atoms with Crippen LogP contribution in [0.15, 0.2) is 18.2 Å². The molecule has 0 saturated carbocycles. The standard InChI is InChI=1S/C26H37N3O4S/c1-7-12-27-15-22(30)29-25-23(18-10-8-16(26(2,3)4)13-21(18)34-25)24(31)28-19-11-9-17(32-5)14-20(19)33-6/h9,11,14,16,27H,7-8,10,12-13,15H2,1-6H3,(H,28,31)(H,29,30)/t16-/m1/s1. The second-order valence-electron chi connectivity index (χ2n) is 9.76. The van der Waals surface area contributed by atoms with E-state index in [9.17, 15) is 9.59 Å². The second-order valence-corrected chi connectivity index (χ2v) is 10.9. The molecular formula is C26H37N3O4S. The highest BCUT2D eigenvalue weighted by molar-refractivity contribution is 7.17. The number of anilines is 2. The molecule has 1 atom stereocenters. The zero-order valence-corrected chi connectivity index (χ0v) is 21.9. The Hall–Kier alpha value is -2.58. The van der Waals surface area contributed by atoms with Crippen molar-refractivity contribution in [3.05, 3.63) is 34.2 Å². The van der Waals surface area contributed by atoms with Crippen molar-refractivity contribution < 1.29 is 19.1 Å². The van der Waals surface area contributed by atoms with E-state index in [4.69, 9.17) is 9.47 Å². The average molecular weight is 488 g/mol. The summed E-state index contributed by atoms with van der Waals surface area (Å²) in [4.78, 5) is 27.3. The number of carbonyl (C=O) groups is 2. The number of thiophene rings is 1. The molecule has 186 valence electrons. The predicted molar refractivity (Wildman–Crippen MR) is 139 cm³/mol. The van der Waals surface area contributed by atoms with Gasteiger partial charge in [0.05, 0.1) is 32.0 Å². The van der Waals surface area contributed by atoms with E-state index in [1.807, 2.05) is 0 Å². The van der Waals surface area contributed by atoms with Crippen LogP contribution in [-0.4, -0.2) is 39.1 Å².